The van der Waals surface area contributed by atoms with Gasteiger partial charge in [0.1, 0.15) is 0 Å². The maximum Gasteiger partial charge on any atom is 0.0705 e. The van der Waals surface area contributed by atoms with Crippen LogP contribution in [0.2, 0.25) is 0 Å². The zero-order chi connectivity index (χ0) is 11.4. The minimum Gasteiger partial charge on any atom is -0.392 e. The third-order valence-electron chi connectivity index (χ3n) is 5.42. The maximum absolute atomic E-state index is 10.4. The van der Waals surface area contributed by atoms with Gasteiger partial charge in [-0.15, -0.1) is 12.3 Å². The molecule has 4 bridgehead atoms. The highest BCUT2D eigenvalue weighted by atomic mass is 16.3. The van der Waals surface area contributed by atoms with Gasteiger partial charge in [-0.3, -0.25) is 0 Å². The lowest BCUT2D eigenvalue weighted by Crippen LogP contribution is -2.55. The molecule has 16 heavy (non-hydrogen) atoms. The van der Waals surface area contributed by atoms with E-state index in [0.29, 0.717) is 11.8 Å². The second-order valence-corrected chi connectivity index (χ2v) is 7.06. The molecular formula is C15H22O. The van der Waals surface area contributed by atoms with E-state index in [2.05, 4.69) is 12.8 Å². The van der Waals surface area contributed by atoms with Crippen molar-refractivity contribution in [3.8, 4) is 12.3 Å². The molecule has 3 atom stereocenters. The largest absolute Gasteiger partial charge is 0.392 e. The molecule has 0 saturated heterocycles. The normalized spacial score (nSPS) is 51.3. The van der Waals surface area contributed by atoms with Crippen LogP contribution in [0.25, 0.3) is 0 Å². The topological polar surface area (TPSA) is 20.2 Å². The molecular weight excluding hydrogens is 196 g/mol. The molecule has 0 amide bonds. The van der Waals surface area contributed by atoms with Crippen molar-refractivity contribution >= 4 is 0 Å². The molecule has 0 heterocycles. The Morgan fingerprint density at radius 3 is 2.44 bits per heavy atom. The molecule has 0 aromatic rings. The molecule has 1 N–H and O–H groups in total. The van der Waals surface area contributed by atoms with E-state index in [1.165, 1.54) is 38.5 Å². The SMILES string of the molecule is C#CCC(O)C12CC3CC(CC(C)(C3)C1)C2. The fourth-order valence-electron chi connectivity index (χ4n) is 5.52. The third-order valence-corrected chi connectivity index (χ3v) is 5.42. The van der Waals surface area contributed by atoms with Gasteiger partial charge in [0, 0.05) is 6.42 Å². The average molecular weight is 218 g/mol. The van der Waals surface area contributed by atoms with Gasteiger partial charge in [0.25, 0.3) is 0 Å². The Morgan fingerprint density at radius 1 is 1.31 bits per heavy atom. The minimum atomic E-state index is -0.247. The van der Waals surface area contributed by atoms with Gasteiger partial charge >= 0.3 is 0 Å². The van der Waals surface area contributed by atoms with Crippen molar-refractivity contribution < 1.29 is 5.11 Å². The summed E-state index contributed by atoms with van der Waals surface area (Å²) in [5.41, 5.74) is 0.699. The predicted molar refractivity (Wildman–Crippen MR) is 64.7 cm³/mol. The summed E-state index contributed by atoms with van der Waals surface area (Å²) in [6, 6.07) is 0. The molecule has 4 aliphatic rings. The Hall–Kier alpha value is -0.480. The molecule has 0 aliphatic heterocycles. The standard InChI is InChI=1S/C15H22O/c1-3-4-13(16)15-8-11-5-12(9-15)7-14(2,6-11)10-15/h1,11-13,16H,4-10H2,2H3. The molecule has 4 saturated carbocycles. The second-order valence-electron chi connectivity index (χ2n) is 7.06. The number of hydrogen-bond donors (Lipinski definition) is 1. The molecule has 1 heteroatoms. The molecule has 0 aromatic carbocycles. The Kier molecular flexibility index (Phi) is 2.17. The van der Waals surface area contributed by atoms with E-state index in [9.17, 15) is 5.11 Å². The molecule has 0 spiro atoms. The first-order valence-corrected chi connectivity index (χ1v) is 6.67. The van der Waals surface area contributed by atoms with Crippen LogP contribution in [-0.4, -0.2) is 11.2 Å². The number of aliphatic hydroxyl groups excluding tert-OH is 1. The van der Waals surface area contributed by atoms with Crippen LogP contribution in [0.4, 0.5) is 0 Å². The number of hydrogen-bond acceptors (Lipinski definition) is 1. The first-order chi connectivity index (χ1) is 7.55. The van der Waals surface area contributed by atoms with E-state index in [1.807, 2.05) is 0 Å². The first kappa shape index (κ1) is 10.7. The number of rotatable bonds is 2. The second kappa shape index (κ2) is 3.26. The molecule has 4 rings (SSSR count). The van der Waals surface area contributed by atoms with Gasteiger partial charge in [-0.25, -0.2) is 0 Å². The summed E-state index contributed by atoms with van der Waals surface area (Å²) in [5, 5.41) is 10.4. The van der Waals surface area contributed by atoms with E-state index >= 15 is 0 Å². The molecule has 4 aliphatic carbocycles. The van der Waals surface area contributed by atoms with Crippen LogP contribution in [0.3, 0.4) is 0 Å². The summed E-state index contributed by atoms with van der Waals surface area (Å²) in [6.07, 6.45) is 13.6. The summed E-state index contributed by atoms with van der Waals surface area (Å²) in [4.78, 5) is 0. The Balaban J connectivity index is 1.89. The fraction of sp³-hybridized carbons (Fsp3) is 0.867. The van der Waals surface area contributed by atoms with Crippen molar-refractivity contribution in [2.24, 2.45) is 22.7 Å². The maximum atomic E-state index is 10.4. The highest BCUT2D eigenvalue weighted by Gasteiger charge is 2.57. The fourth-order valence-corrected chi connectivity index (χ4v) is 5.52. The van der Waals surface area contributed by atoms with Gasteiger partial charge in [0.2, 0.25) is 0 Å². The van der Waals surface area contributed by atoms with Gasteiger partial charge in [0.15, 0.2) is 0 Å². The van der Waals surface area contributed by atoms with Crippen molar-refractivity contribution in [1.82, 2.24) is 0 Å². The highest BCUT2D eigenvalue weighted by molar-refractivity contribution is 5.09. The van der Waals surface area contributed by atoms with Crippen LogP contribution in [0.1, 0.15) is 51.9 Å². The summed E-state index contributed by atoms with van der Waals surface area (Å²) < 4.78 is 0. The van der Waals surface area contributed by atoms with E-state index in [4.69, 9.17) is 6.42 Å². The van der Waals surface area contributed by atoms with Crippen LogP contribution < -0.4 is 0 Å². The quantitative estimate of drug-likeness (QED) is 0.706. The van der Waals surface area contributed by atoms with Gasteiger partial charge < -0.3 is 5.11 Å². The lowest BCUT2D eigenvalue weighted by molar-refractivity contribution is -0.151. The summed E-state index contributed by atoms with van der Waals surface area (Å²) in [7, 11) is 0. The number of aliphatic hydroxyl groups is 1. The van der Waals surface area contributed by atoms with Crippen LogP contribution in [-0.2, 0) is 0 Å². The lowest BCUT2D eigenvalue weighted by atomic mass is 9.43. The molecule has 0 radical (unpaired) electrons. The van der Waals surface area contributed by atoms with Crippen molar-refractivity contribution in [1.29, 1.82) is 0 Å². The van der Waals surface area contributed by atoms with Gasteiger partial charge in [0.05, 0.1) is 6.10 Å². The molecule has 88 valence electrons. The van der Waals surface area contributed by atoms with E-state index < -0.39 is 0 Å². The van der Waals surface area contributed by atoms with E-state index in [-0.39, 0.29) is 11.5 Å². The van der Waals surface area contributed by atoms with E-state index in [1.54, 1.807) is 0 Å². The van der Waals surface area contributed by atoms with Gasteiger partial charge in [-0.05, 0) is 61.2 Å². The summed E-state index contributed by atoms with van der Waals surface area (Å²) >= 11 is 0. The number of terminal acetylenes is 1. The smallest absolute Gasteiger partial charge is 0.0705 e. The van der Waals surface area contributed by atoms with Crippen LogP contribution in [0, 0.1) is 35.0 Å². The van der Waals surface area contributed by atoms with Crippen molar-refractivity contribution in [2.75, 3.05) is 0 Å². The van der Waals surface area contributed by atoms with Crippen LogP contribution in [0.5, 0.6) is 0 Å². The van der Waals surface area contributed by atoms with Crippen molar-refractivity contribution in [3.63, 3.8) is 0 Å². The molecule has 0 aromatic heterocycles. The molecule has 1 nitrogen and oxygen atoms in total. The minimum absolute atomic E-state index is 0.186. The van der Waals surface area contributed by atoms with Crippen molar-refractivity contribution in [2.45, 2.75) is 58.0 Å². The van der Waals surface area contributed by atoms with Crippen LogP contribution >= 0.6 is 0 Å². The highest BCUT2D eigenvalue weighted by Crippen LogP contribution is 2.66. The van der Waals surface area contributed by atoms with Crippen molar-refractivity contribution in [3.05, 3.63) is 0 Å². The molecule has 4 fully saturated rings. The van der Waals surface area contributed by atoms with Crippen LogP contribution in [0.15, 0.2) is 0 Å². The lowest BCUT2D eigenvalue weighted by Gasteiger charge is -2.62. The average Bonchev–Trinajstić information content (AvgIpc) is 2.13. The summed E-state index contributed by atoms with van der Waals surface area (Å²) in [6.45, 7) is 2.43. The Labute approximate surface area is 98.6 Å². The summed E-state index contributed by atoms with van der Waals surface area (Å²) in [5.74, 6) is 4.40. The zero-order valence-corrected chi connectivity index (χ0v) is 10.2. The third kappa shape index (κ3) is 1.43. The zero-order valence-electron chi connectivity index (χ0n) is 10.2. The Bertz CT molecular complexity index is 324. The molecule has 3 unspecified atom stereocenters. The monoisotopic (exact) mass is 218 g/mol. The predicted octanol–water partition coefficient (Wildman–Crippen LogP) is 2.98. The first-order valence-electron chi connectivity index (χ1n) is 6.67. The van der Waals surface area contributed by atoms with Gasteiger partial charge in [-0.1, -0.05) is 6.92 Å². The van der Waals surface area contributed by atoms with Gasteiger partial charge in [-0.2, -0.15) is 0 Å². The Morgan fingerprint density at radius 2 is 1.94 bits per heavy atom. The van der Waals surface area contributed by atoms with E-state index in [0.717, 1.165) is 11.8 Å².